The highest BCUT2D eigenvalue weighted by molar-refractivity contribution is 5.93. The van der Waals surface area contributed by atoms with E-state index in [-0.39, 0.29) is 11.9 Å². The normalized spacial score (nSPS) is 19.9. The Morgan fingerprint density at radius 3 is 2.76 bits per heavy atom. The van der Waals surface area contributed by atoms with Gasteiger partial charge in [0.1, 0.15) is 5.75 Å². The summed E-state index contributed by atoms with van der Waals surface area (Å²) in [5.41, 5.74) is 3.09. The molecule has 1 amide bonds. The van der Waals surface area contributed by atoms with Crippen LogP contribution in [0.2, 0.25) is 0 Å². The predicted octanol–water partition coefficient (Wildman–Crippen LogP) is 3.47. The highest BCUT2D eigenvalue weighted by atomic mass is 16.5. The van der Waals surface area contributed by atoms with Gasteiger partial charge in [0.05, 0.1) is 13.2 Å². The van der Waals surface area contributed by atoms with Crippen LogP contribution in [0.25, 0.3) is 0 Å². The Balaban J connectivity index is 1.48. The highest BCUT2D eigenvalue weighted by Crippen LogP contribution is 2.36. The van der Waals surface area contributed by atoms with Crippen molar-refractivity contribution in [3.8, 4) is 5.75 Å². The van der Waals surface area contributed by atoms with Crippen LogP contribution in [0.4, 0.5) is 0 Å². The van der Waals surface area contributed by atoms with Crippen molar-refractivity contribution in [2.24, 2.45) is 5.92 Å². The molecular formula is C21H28N2O2. The zero-order chi connectivity index (χ0) is 18.0. The molecule has 1 N–H and O–H groups in total. The van der Waals surface area contributed by atoms with E-state index in [0.29, 0.717) is 12.0 Å². The summed E-state index contributed by atoms with van der Waals surface area (Å²) >= 11 is 0. The topological polar surface area (TPSA) is 41.6 Å². The van der Waals surface area contributed by atoms with Gasteiger partial charge in [-0.2, -0.15) is 0 Å². The molecule has 1 aliphatic carbocycles. The molecule has 0 radical (unpaired) electrons. The Hall–Kier alpha value is -2.07. The molecule has 4 nitrogen and oxygen atoms in total. The standard InChI is InChI=1S/C21H28N2O2/c1-14(17-8-9-17)10-15(2)21(24)22-19-12-23(13-19)16(3)18-6-5-7-20(11-18)25-4/h5-7,10-11,16-17,19H,1,8-9,12-13H2,2-4H3,(H,22,24)/b15-10+. The fourth-order valence-corrected chi connectivity index (χ4v) is 3.25. The lowest BCUT2D eigenvalue weighted by molar-refractivity contribution is -0.119. The molecule has 0 spiro atoms. The van der Waals surface area contributed by atoms with E-state index in [4.69, 9.17) is 4.74 Å². The van der Waals surface area contributed by atoms with Gasteiger partial charge < -0.3 is 10.1 Å². The van der Waals surface area contributed by atoms with E-state index >= 15 is 0 Å². The number of likely N-dealkylation sites (tertiary alicyclic amines) is 1. The maximum absolute atomic E-state index is 12.3. The van der Waals surface area contributed by atoms with Crippen molar-refractivity contribution in [2.75, 3.05) is 20.2 Å². The largest absolute Gasteiger partial charge is 0.497 e. The van der Waals surface area contributed by atoms with Gasteiger partial charge in [-0.3, -0.25) is 9.69 Å². The molecule has 4 heteroatoms. The Kier molecular flexibility index (Phi) is 5.28. The zero-order valence-electron chi connectivity index (χ0n) is 15.4. The lowest BCUT2D eigenvalue weighted by atomic mass is 10.00. The summed E-state index contributed by atoms with van der Waals surface area (Å²) in [4.78, 5) is 14.7. The van der Waals surface area contributed by atoms with Crippen molar-refractivity contribution in [3.63, 3.8) is 0 Å². The van der Waals surface area contributed by atoms with E-state index in [1.165, 1.54) is 18.4 Å². The van der Waals surface area contributed by atoms with Gasteiger partial charge in [-0.25, -0.2) is 0 Å². The number of methoxy groups -OCH3 is 1. The Morgan fingerprint density at radius 2 is 2.12 bits per heavy atom. The van der Waals surface area contributed by atoms with E-state index in [1.807, 2.05) is 25.1 Å². The van der Waals surface area contributed by atoms with Crippen molar-refractivity contribution in [1.29, 1.82) is 0 Å². The Morgan fingerprint density at radius 1 is 1.40 bits per heavy atom. The van der Waals surface area contributed by atoms with Gasteiger partial charge in [0.15, 0.2) is 0 Å². The second kappa shape index (κ2) is 7.44. The van der Waals surface area contributed by atoms with Crippen LogP contribution in [0.15, 0.2) is 48.1 Å². The number of carbonyl (C=O) groups is 1. The van der Waals surface area contributed by atoms with Gasteiger partial charge in [-0.1, -0.05) is 30.4 Å². The monoisotopic (exact) mass is 340 g/mol. The minimum atomic E-state index is 0.0282. The molecule has 1 atom stereocenters. The first-order valence-corrected chi connectivity index (χ1v) is 9.04. The number of benzene rings is 1. The lowest BCUT2D eigenvalue weighted by Crippen LogP contribution is -2.59. The quantitative estimate of drug-likeness (QED) is 0.610. The van der Waals surface area contributed by atoms with Crippen LogP contribution in [-0.4, -0.2) is 37.0 Å². The van der Waals surface area contributed by atoms with Crippen molar-refractivity contribution < 1.29 is 9.53 Å². The Bertz CT molecular complexity index is 685. The van der Waals surface area contributed by atoms with Crippen molar-refractivity contribution >= 4 is 5.91 Å². The fourth-order valence-electron chi connectivity index (χ4n) is 3.25. The lowest BCUT2D eigenvalue weighted by Gasteiger charge is -2.43. The number of allylic oxidation sites excluding steroid dienone is 2. The van der Waals surface area contributed by atoms with Crippen LogP contribution < -0.4 is 10.1 Å². The van der Waals surface area contributed by atoms with Gasteiger partial charge in [-0.15, -0.1) is 0 Å². The third kappa shape index (κ3) is 4.31. The average Bonchev–Trinajstić information content (AvgIpc) is 3.42. The number of rotatable bonds is 7. The molecule has 1 heterocycles. The van der Waals surface area contributed by atoms with Crippen LogP contribution in [0, 0.1) is 5.92 Å². The van der Waals surface area contributed by atoms with Crippen molar-refractivity contribution in [1.82, 2.24) is 10.2 Å². The van der Waals surface area contributed by atoms with Crippen LogP contribution in [-0.2, 0) is 4.79 Å². The molecule has 1 saturated heterocycles. The van der Waals surface area contributed by atoms with Crippen molar-refractivity contribution in [3.05, 3.63) is 53.6 Å². The number of amides is 1. The number of hydrogen-bond acceptors (Lipinski definition) is 3. The number of nitrogens with zero attached hydrogens (tertiary/aromatic N) is 1. The van der Waals surface area contributed by atoms with E-state index in [0.717, 1.165) is 30.0 Å². The predicted molar refractivity (Wildman–Crippen MR) is 101 cm³/mol. The first kappa shape index (κ1) is 17.7. The molecule has 134 valence electrons. The molecule has 0 bridgehead atoms. The van der Waals surface area contributed by atoms with Gasteiger partial charge in [-0.05, 0) is 50.3 Å². The van der Waals surface area contributed by atoms with E-state index < -0.39 is 0 Å². The molecular weight excluding hydrogens is 312 g/mol. The summed E-state index contributed by atoms with van der Waals surface area (Å²) in [5, 5.41) is 3.13. The summed E-state index contributed by atoms with van der Waals surface area (Å²) in [6.45, 7) is 9.88. The van der Waals surface area contributed by atoms with Gasteiger partial charge in [0, 0.05) is 24.7 Å². The molecule has 1 aromatic carbocycles. The first-order chi connectivity index (χ1) is 12.0. The number of ether oxygens (including phenoxy) is 1. The fraction of sp³-hybridized carbons (Fsp3) is 0.476. The van der Waals surface area contributed by atoms with E-state index in [1.54, 1.807) is 7.11 Å². The van der Waals surface area contributed by atoms with E-state index in [9.17, 15) is 4.79 Å². The number of nitrogens with one attached hydrogen (secondary N) is 1. The summed E-state index contributed by atoms with van der Waals surface area (Å²) < 4.78 is 5.30. The van der Waals surface area contributed by atoms with Gasteiger partial charge in [0.2, 0.25) is 5.91 Å². The molecule has 25 heavy (non-hydrogen) atoms. The Labute approximate surface area is 150 Å². The molecule has 0 aromatic heterocycles. The summed E-state index contributed by atoms with van der Waals surface area (Å²) in [6, 6.07) is 8.71. The van der Waals surface area contributed by atoms with Crippen LogP contribution in [0.3, 0.4) is 0 Å². The van der Waals surface area contributed by atoms with Gasteiger partial charge >= 0.3 is 0 Å². The van der Waals surface area contributed by atoms with Crippen molar-refractivity contribution in [2.45, 2.75) is 38.8 Å². The molecule has 2 aliphatic rings. The summed E-state index contributed by atoms with van der Waals surface area (Å²) in [6.07, 6.45) is 4.37. The second-order valence-electron chi connectivity index (χ2n) is 7.25. The second-order valence-corrected chi connectivity index (χ2v) is 7.25. The highest BCUT2D eigenvalue weighted by Gasteiger charge is 2.32. The zero-order valence-corrected chi connectivity index (χ0v) is 15.4. The number of carbonyl (C=O) groups excluding carboxylic acids is 1. The maximum Gasteiger partial charge on any atom is 0.247 e. The summed E-state index contributed by atoms with van der Waals surface area (Å²) in [5.74, 6) is 1.51. The molecule has 2 fully saturated rings. The molecule has 1 aliphatic heterocycles. The molecule has 1 aromatic rings. The van der Waals surface area contributed by atoms with Gasteiger partial charge in [0.25, 0.3) is 0 Å². The average molecular weight is 340 g/mol. The molecule has 1 saturated carbocycles. The smallest absolute Gasteiger partial charge is 0.247 e. The van der Waals surface area contributed by atoms with Crippen LogP contribution in [0.1, 0.15) is 38.3 Å². The third-order valence-corrected chi connectivity index (χ3v) is 5.23. The maximum atomic E-state index is 12.3. The third-order valence-electron chi connectivity index (χ3n) is 5.23. The number of hydrogen-bond donors (Lipinski definition) is 1. The molecule has 3 rings (SSSR count). The minimum absolute atomic E-state index is 0.0282. The van der Waals surface area contributed by atoms with E-state index in [2.05, 4.69) is 35.9 Å². The first-order valence-electron chi connectivity index (χ1n) is 9.04. The minimum Gasteiger partial charge on any atom is -0.497 e. The van der Waals surface area contributed by atoms with Crippen LogP contribution >= 0.6 is 0 Å². The van der Waals surface area contributed by atoms with Crippen LogP contribution in [0.5, 0.6) is 5.75 Å². The SMILES string of the molecule is C=C(/C=C(\C)C(=O)NC1CN(C(C)c2cccc(OC)c2)C1)C1CC1. The summed E-state index contributed by atoms with van der Waals surface area (Å²) in [7, 11) is 1.69. The molecule has 1 unspecified atom stereocenters.